The van der Waals surface area contributed by atoms with Crippen molar-refractivity contribution in [2.45, 2.75) is 12.8 Å². The van der Waals surface area contributed by atoms with Gasteiger partial charge in [0.25, 0.3) is 0 Å². The van der Waals surface area contributed by atoms with Gasteiger partial charge in [0, 0.05) is 6.54 Å². The lowest BCUT2D eigenvalue weighted by molar-refractivity contribution is -0.274. The fraction of sp³-hybridized carbons (Fsp3) is 0.429. The third kappa shape index (κ3) is 8.67. The minimum atomic E-state index is -4.72. The molecule has 128 valence electrons. The van der Waals surface area contributed by atoms with Gasteiger partial charge in [0.2, 0.25) is 5.91 Å². The maximum absolute atomic E-state index is 12.0. The van der Waals surface area contributed by atoms with Gasteiger partial charge in [0.05, 0.1) is 13.1 Å². The number of carboxylic acid groups (broad SMARTS) is 1. The average Bonchev–Trinajstić information content (AvgIpc) is 2.37. The molecule has 1 aromatic rings. The number of hydrogen-bond donors (Lipinski definition) is 2. The van der Waals surface area contributed by atoms with Crippen LogP contribution >= 0.6 is 0 Å². The summed E-state index contributed by atoms with van der Waals surface area (Å²) in [5.41, 5.74) is 0.735. The standard InChI is InChI=1S/C14H17F3N2O4/c1-19(9-13(21)22)8-12(20)18-7-6-10-2-4-11(5-3-10)23-14(15,16)17/h2-5H,6-9H2,1H3,(H,18,20)(H,21,22). The number of alkyl halides is 3. The Balaban J connectivity index is 2.33. The minimum Gasteiger partial charge on any atom is -0.480 e. The lowest BCUT2D eigenvalue weighted by Gasteiger charge is -2.13. The van der Waals surface area contributed by atoms with Crippen molar-refractivity contribution in [1.29, 1.82) is 0 Å². The van der Waals surface area contributed by atoms with Gasteiger partial charge in [0.1, 0.15) is 5.75 Å². The number of nitrogens with one attached hydrogen (secondary N) is 1. The van der Waals surface area contributed by atoms with Gasteiger partial charge in [-0.25, -0.2) is 0 Å². The molecule has 0 spiro atoms. The van der Waals surface area contributed by atoms with Crippen molar-refractivity contribution in [2.75, 3.05) is 26.7 Å². The van der Waals surface area contributed by atoms with Crippen LogP contribution < -0.4 is 10.1 Å². The number of benzene rings is 1. The summed E-state index contributed by atoms with van der Waals surface area (Å²) < 4.78 is 39.8. The van der Waals surface area contributed by atoms with Crippen LogP contribution in [-0.4, -0.2) is 54.9 Å². The number of halogens is 3. The molecule has 23 heavy (non-hydrogen) atoms. The summed E-state index contributed by atoms with van der Waals surface area (Å²) in [6.45, 7) is -0.00202. The molecule has 0 aliphatic carbocycles. The van der Waals surface area contributed by atoms with Gasteiger partial charge in [-0.15, -0.1) is 13.2 Å². The second-order valence-corrected chi connectivity index (χ2v) is 4.86. The molecule has 0 fully saturated rings. The van der Waals surface area contributed by atoms with Crippen LogP contribution in [0.3, 0.4) is 0 Å². The summed E-state index contributed by atoms with van der Waals surface area (Å²) in [4.78, 5) is 23.3. The minimum absolute atomic E-state index is 0.0509. The van der Waals surface area contributed by atoms with Gasteiger partial charge in [-0.3, -0.25) is 14.5 Å². The van der Waals surface area contributed by atoms with E-state index in [2.05, 4.69) is 10.1 Å². The zero-order valence-electron chi connectivity index (χ0n) is 12.4. The first-order valence-corrected chi connectivity index (χ1v) is 6.67. The summed E-state index contributed by atoms with van der Waals surface area (Å²) >= 11 is 0. The Morgan fingerprint density at radius 1 is 1.22 bits per heavy atom. The Morgan fingerprint density at radius 3 is 2.35 bits per heavy atom. The average molecular weight is 334 g/mol. The first-order valence-electron chi connectivity index (χ1n) is 6.67. The van der Waals surface area contributed by atoms with Crippen LogP contribution in [0.5, 0.6) is 5.75 Å². The summed E-state index contributed by atoms with van der Waals surface area (Å²) in [5.74, 6) is -1.66. The van der Waals surface area contributed by atoms with Crippen molar-refractivity contribution in [3.8, 4) is 5.75 Å². The molecule has 6 nitrogen and oxygen atoms in total. The highest BCUT2D eigenvalue weighted by molar-refractivity contribution is 5.78. The van der Waals surface area contributed by atoms with Gasteiger partial charge in [-0.1, -0.05) is 12.1 Å². The number of aliphatic carboxylic acids is 1. The van der Waals surface area contributed by atoms with E-state index in [0.717, 1.165) is 5.56 Å². The number of carbonyl (C=O) groups excluding carboxylic acids is 1. The van der Waals surface area contributed by atoms with Crippen LogP contribution in [0.15, 0.2) is 24.3 Å². The number of carboxylic acids is 1. The van der Waals surface area contributed by atoms with Crippen LogP contribution in [0.1, 0.15) is 5.56 Å². The number of amides is 1. The number of rotatable bonds is 8. The van der Waals surface area contributed by atoms with E-state index in [-0.39, 0.29) is 24.7 Å². The highest BCUT2D eigenvalue weighted by atomic mass is 19.4. The molecule has 0 saturated carbocycles. The third-order valence-electron chi connectivity index (χ3n) is 2.71. The lowest BCUT2D eigenvalue weighted by atomic mass is 10.1. The molecule has 1 amide bonds. The predicted molar refractivity (Wildman–Crippen MR) is 75.0 cm³/mol. The summed E-state index contributed by atoms with van der Waals surface area (Å²) in [7, 11) is 1.51. The largest absolute Gasteiger partial charge is 0.573 e. The summed E-state index contributed by atoms with van der Waals surface area (Å²) in [6.07, 6.45) is -4.29. The van der Waals surface area contributed by atoms with E-state index < -0.39 is 12.3 Å². The maximum atomic E-state index is 12.0. The van der Waals surface area contributed by atoms with Crippen molar-refractivity contribution in [3.63, 3.8) is 0 Å². The van der Waals surface area contributed by atoms with Crippen LogP contribution in [0.25, 0.3) is 0 Å². The molecule has 0 aromatic heterocycles. The normalized spacial score (nSPS) is 11.3. The lowest BCUT2D eigenvalue weighted by Crippen LogP contribution is -2.38. The topological polar surface area (TPSA) is 78.9 Å². The number of hydrogen-bond acceptors (Lipinski definition) is 4. The Hall–Kier alpha value is -2.29. The predicted octanol–water partition coefficient (Wildman–Crippen LogP) is 1.26. The molecule has 2 N–H and O–H groups in total. The Kier molecular flexibility index (Phi) is 6.83. The van der Waals surface area contributed by atoms with E-state index in [4.69, 9.17) is 5.11 Å². The van der Waals surface area contributed by atoms with Crippen molar-refractivity contribution in [2.24, 2.45) is 0 Å². The van der Waals surface area contributed by atoms with Crippen LogP contribution in [0.4, 0.5) is 13.2 Å². The summed E-state index contributed by atoms with van der Waals surface area (Å²) in [6, 6.07) is 5.35. The van der Waals surface area contributed by atoms with Gasteiger partial charge < -0.3 is 15.2 Å². The van der Waals surface area contributed by atoms with Gasteiger partial charge >= 0.3 is 12.3 Å². The van der Waals surface area contributed by atoms with Crippen molar-refractivity contribution < 1.29 is 32.6 Å². The molecular weight excluding hydrogens is 317 g/mol. The molecule has 0 bridgehead atoms. The fourth-order valence-electron chi connectivity index (χ4n) is 1.79. The second-order valence-electron chi connectivity index (χ2n) is 4.86. The molecule has 0 heterocycles. The smallest absolute Gasteiger partial charge is 0.480 e. The number of ether oxygens (including phenoxy) is 1. The fourth-order valence-corrected chi connectivity index (χ4v) is 1.79. The quantitative estimate of drug-likeness (QED) is 0.748. The second kappa shape index (κ2) is 8.37. The highest BCUT2D eigenvalue weighted by Crippen LogP contribution is 2.22. The van der Waals surface area contributed by atoms with E-state index in [1.54, 1.807) is 0 Å². The van der Waals surface area contributed by atoms with Gasteiger partial charge in [-0.05, 0) is 31.2 Å². The molecule has 0 unspecified atom stereocenters. The van der Waals surface area contributed by atoms with E-state index >= 15 is 0 Å². The molecule has 9 heteroatoms. The molecule has 1 rings (SSSR count). The number of carbonyl (C=O) groups is 2. The number of likely N-dealkylation sites (N-methyl/N-ethyl adjacent to an activating group) is 1. The van der Waals surface area contributed by atoms with Gasteiger partial charge in [0.15, 0.2) is 0 Å². The molecule has 1 aromatic carbocycles. The zero-order chi connectivity index (χ0) is 17.5. The monoisotopic (exact) mass is 334 g/mol. The van der Waals surface area contributed by atoms with E-state index in [9.17, 15) is 22.8 Å². The van der Waals surface area contributed by atoms with Crippen LogP contribution in [0.2, 0.25) is 0 Å². The van der Waals surface area contributed by atoms with Crippen molar-refractivity contribution >= 4 is 11.9 Å². The molecule has 0 saturated heterocycles. The van der Waals surface area contributed by atoms with E-state index in [0.29, 0.717) is 13.0 Å². The van der Waals surface area contributed by atoms with E-state index in [1.807, 2.05) is 0 Å². The number of nitrogens with zero attached hydrogens (tertiary/aromatic N) is 1. The van der Waals surface area contributed by atoms with Crippen LogP contribution in [0, 0.1) is 0 Å². The molecular formula is C14H17F3N2O4. The van der Waals surface area contributed by atoms with Crippen molar-refractivity contribution in [1.82, 2.24) is 10.2 Å². The van der Waals surface area contributed by atoms with E-state index in [1.165, 1.54) is 36.2 Å². The maximum Gasteiger partial charge on any atom is 0.573 e. The van der Waals surface area contributed by atoms with Crippen molar-refractivity contribution in [3.05, 3.63) is 29.8 Å². The van der Waals surface area contributed by atoms with Crippen LogP contribution in [-0.2, 0) is 16.0 Å². The molecule has 0 atom stereocenters. The third-order valence-corrected chi connectivity index (χ3v) is 2.71. The molecule has 0 aliphatic heterocycles. The Bertz CT molecular complexity index is 532. The molecule has 0 aliphatic rings. The SMILES string of the molecule is CN(CC(=O)O)CC(=O)NCCc1ccc(OC(F)(F)F)cc1. The van der Waals surface area contributed by atoms with Gasteiger partial charge in [-0.2, -0.15) is 0 Å². The highest BCUT2D eigenvalue weighted by Gasteiger charge is 2.30. The first-order chi connectivity index (χ1) is 10.7. The first kappa shape index (κ1) is 18.8. The zero-order valence-corrected chi connectivity index (χ0v) is 12.4. The summed E-state index contributed by atoms with van der Waals surface area (Å²) in [5, 5.41) is 11.2. The Morgan fingerprint density at radius 2 is 1.83 bits per heavy atom. The Labute approximate surface area is 130 Å². The molecule has 0 radical (unpaired) electrons.